The highest BCUT2D eigenvalue weighted by atomic mass is 35.5. The summed E-state index contributed by atoms with van der Waals surface area (Å²) in [7, 11) is 0. The monoisotopic (exact) mass is 825 g/mol. The maximum atomic E-state index is 12.6. The number of Topliss-reactive ketones (excluding diaryl/α,β-unsaturated/α-hetero) is 1. The minimum absolute atomic E-state index is 0.0574. The number of nitrogens with zero attached hydrogens (tertiary/aromatic N) is 4. The van der Waals surface area contributed by atoms with Crippen molar-refractivity contribution in [1.82, 2.24) is 15.6 Å². The molecule has 0 saturated heterocycles. The molecule has 6 heterocycles. The maximum Gasteiger partial charge on any atom is 0.184 e. The molecule has 290 valence electrons. The Kier molecular flexibility index (Phi) is 11.4. The van der Waals surface area contributed by atoms with Crippen LogP contribution in [0.4, 0.5) is 0 Å². The van der Waals surface area contributed by atoms with Crippen LogP contribution in [0, 0.1) is 47.5 Å². The standard InChI is InChI=1S/C23H23ClN2O2S.C21H22ClN3OS/c1-11(2)18(27)10-17-22-20(13(4)26-28-22)23-19(12(3)14(5)29-23)21(25-17)15-6-8-16(24)9-7-15;1-10(2)23-21-19-17(12(4)25-26-19)20-16(11(3)13(5)27-20)18(24-21)14-6-8-15(22)9-7-14/h6-9,11,17H,10H2,1-5H3;6-10,21,23H,1-5H3/t17-;21-/m01/s1. The van der Waals surface area contributed by atoms with Gasteiger partial charge in [-0.15, -0.1) is 22.7 Å². The third kappa shape index (κ3) is 7.50. The number of carbonyl (C=O) groups is 1. The molecule has 8 rings (SSSR count). The van der Waals surface area contributed by atoms with E-state index in [2.05, 4.69) is 57.2 Å². The van der Waals surface area contributed by atoms with Crippen LogP contribution >= 0.6 is 45.9 Å². The molecule has 0 saturated carbocycles. The Labute approximate surface area is 346 Å². The molecule has 2 aliphatic heterocycles. The van der Waals surface area contributed by atoms with Gasteiger partial charge in [0.15, 0.2) is 17.7 Å². The molecule has 0 spiro atoms. The second-order valence-electron chi connectivity index (χ2n) is 15.0. The lowest BCUT2D eigenvalue weighted by Crippen LogP contribution is -2.27. The number of hydrogen-bond acceptors (Lipinski definition) is 10. The molecule has 2 atom stereocenters. The first-order valence-electron chi connectivity index (χ1n) is 18.7. The zero-order chi connectivity index (χ0) is 40.2. The van der Waals surface area contributed by atoms with E-state index in [4.69, 9.17) is 42.2 Å². The van der Waals surface area contributed by atoms with E-state index in [0.717, 1.165) is 66.3 Å². The summed E-state index contributed by atoms with van der Waals surface area (Å²) in [6.07, 6.45) is 0.00906. The first kappa shape index (κ1) is 40.0. The Balaban J connectivity index is 0.000000172. The largest absolute Gasteiger partial charge is 0.358 e. The van der Waals surface area contributed by atoms with Crippen molar-refractivity contribution >= 4 is 63.1 Å². The summed E-state index contributed by atoms with van der Waals surface area (Å²) in [5.41, 5.74) is 12.4. The van der Waals surface area contributed by atoms with Gasteiger partial charge in [0.1, 0.15) is 11.8 Å². The van der Waals surface area contributed by atoms with Crippen LogP contribution in [0.25, 0.3) is 20.9 Å². The topological polar surface area (TPSA) is 106 Å². The Morgan fingerprint density at radius 1 is 0.679 bits per heavy atom. The average Bonchev–Trinajstić information content (AvgIpc) is 3.84. The van der Waals surface area contributed by atoms with E-state index >= 15 is 0 Å². The number of aromatic nitrogens is 2. The van der Waals surface area contributed by atoms with E-state index in [1.807, 2.05) is 76.2 Å². The molecular weight excluding hydrogens is 782 g/mol. The van der Waals surface area contributed by atoms with Crippen molar-refractivity contribution in [3.05, 3.63) is 125 Å². The van der Waals surface area contributed by atoms with Crippen molar-refractivity contribution in [2.75, 3.05) is 0 Å². The fraction of sp³-hybridized carbons (Fsp3) is 0.341. The molecule has 56 heavy (non-hydrogen) atoms. The molecule has 6 aromatic rings. The van der Waals surface area contributed by atoms with Gasteiger partial charge in [-0.2, -0.15) is 0 Å². The normalized spacial score (nSPS) is 15.9. The van der Waals surface area contributed by atoms with Gasteiger partial charge in [0.2, 0.25) is 0 Å². The van der Waals surface area contributed by atoms with Crippen molar-refractivity contribution in [3.63, 3.8) is 0 Å². The summed E-state index contributed by atoms with van der Waals surface area (Å²) in [5.74, 6) is 1.57. The van der Waals surface area contributed by atoms with Gasteiger partial charge in [0.05, 0.1) is 33.9 Å². The number of fused-ring (bicyclic) bond motifs is 6. The van der Waals surface area contributed by atoms with Crippen LogP contribution in [0.5, 0.6) is 0 Å². The molecule has 2 aliphatic rings. The predicted molar refractivity (Wildman–Crippen MR) is 230 cm³/mol. The Bertz CT molecular complexity index is 2500. The number of aliphatic imine (C=N–C) groups is 2. The number of hydrogen-bond donors (Lipinski definition) is 1. The zero-order valence-electron chi connectivity index (χ0n) is 33.2. The van der Waals surface area contributed by atoms with Crippen LogP contribution in [-0.4, -0.2) is 33.6 Å². The summed E-state index contributed by atoms with van der Waals surface area (Å²) in [4.78, 5) is 27.6. The number of halogens is 2. The summed E-state index contributed by atoms with van der Waals surface area (Å²) in [6.45, 7) is 20.6. The van der Waals surface area contributed by atoms with E-state index < -0.39 is 6.04 Å². The van der Waals surface area contributed by atoms with Crippen molar-refractivity contribution in [2.45, 2.75) is 93.9 Å². The number of ketones is 1. The first-order valence-corrected chi connectivity index (χ1v) is 21.1. The van der Waals surface area contributed by atoms with Crippen LogP contribution < -0.4 is 5.32 Å². The predicted octanol–water partition coefficient (Wildman–Crippen LogP) is 12.3. The minimum atomic E-state index is -0.397. The Morgan fingerprint density at radius 3 is 1.59 bits per heavy atom. The van der Waals surface area contributed by atoms with E-state index in [9.17, 15) is 4.79 Å². The van der Waals surface area contributed by atoms with Gasteiger partial charge >= 0.3 is 0 Å². The van der Waals surface area contributed by atoms with Gasteiger partial charge in [-0.05, 0) is 90.8 Å². The molecule has 8 nitrogen and oxygen atoms in total. The lowest BCUT2D eigenvalue weighted by molar-refractivity contribution is -0.122. The molecule has 0 amide bonds. The second-order valence-corrected chi connectivity index (χ2v) is 18.3. The number of nitrogens with one attached hydrogen (secondary N) is 1. The fourth-order valence-electron chi connectivity index (χ4n) is 7.10. The van der Waals surface area contributed by atoms with Gasteiger partial charge < -0.3 is 9.05 Å². The van der Waals surface area contributed by atoms with Gasteiger partial charge in [-0.3, -0.25) is 20.1 Å². The number of thiophene rings is 2. The average molecular weight is 827 g/mol. The van der Waals surface area contributed by atoms with E-state index in [0.29, 0.717) is 17.2 Å². The van der Waals surface area contributed by atoms with Gasteiger partial charge in [0, 0.05) is 70.2 Å². The molecular formula is C44H45Cl2N5O3S2. The number of aryl methyl sites for hydroxylation is 4. The van der Waals surface area contributed by atoms with Gasteiger partial charge in [0.25, 0.3) is 0 Å². The van der Waals surface area contributed by atoms with Crippen LogP contribution in [-0.2, 0) is 4.79 Å². The van der Waals surface area contributed by atoms with Crippen molar-refractivity contribution in [2.24, 2.45) is 15.9 Å². The van der Waals surface area contributed by atoms with E-state index in [1.165, 1.54) is 31.3 Å². The fourth-order valence-corrected chi connectivity index (χ4v) is 9.87. The van der Waals surface area contributed by atoms with Gasteiger partial charge in [-0.25, -0.2) is 0 Å². The van der Waals surface area contributed by atoms with E-state index in [1.54, 1.807) is 22.7 Å². The van der Waals surface area contributed by atoms with Crippen LogP contribution in [0.2, 0.25) is 10.0 Å². The van der Waals surface area contributed by atoms with Crippen LogP contribution in [0.1, 0.15) is 112 Å². The smallest absolute Gasteiger partial charge is 0.184 e. The van der Waals surface area contributed by atoms with Crippen LogP contribution in [0.3, 0.4) is 0 Å². The molecule has 0 fully saturated rings. The summed E-state index contributed by atoms with van der Waals surface area (Å²) >= 11 is 15.7. The molecule has 12 heteroatoms. The molecule has 1 N–H and O–H groups in total. The molecule has 4 aromatic heterocycles. The van der Waals surface area contributed by atoms with Crippen molar-refractivity contribution in [1.29, 1.82) is 0 Å². The Morgan fingerprint density at radius 2 is 1.12 bits per heavy atom. The third-order valence-electron chi connectivity index (χ3n) is 10.3. The minimum Gasteiger partial charge on any atom is -0.358 e. The molecule has 0 unspecified atom stereocenters. The molecule has 0 aliphatic carbocycles. The molecule has 0 radical (unpaired) electrons. The maximum absolute atomic E-state index is 12.6. The second kappa shape index (κ2) is 16.0. The lowest BCUT2D eigenvalue weighted by atomic mass is 9.96. The van der Waals surface area contributed by atoms with Crippen molar-refractivity contribution in [3.8, 4) is 20.9 Å². The number of rotatable bonds is 7. The molecule has 0 bridgehead atoms. The highest BCUT2D eigenvalue weighted by molar-refractivity contribution is 7.16. The summed E-state index contributed by atoms with van der Waals surface area (Å²) in [5, 5.41) is 13.4. The quantitative estimate of drug-likeness (QED) is 0.172. The van der Waals surface area contributed by atoms with E-state index in [-0.39, 0.29) is 23.9 Å². The van der Waals surface area contributed by atoms with Crippen molar-refractivity contribution < 1.29 is 13.8 Å². The third-order valence-corrected chi connectivity index (χ3v) is 13.3. The first-order chi connectivity index (χ1) is 26.6. The summed E-state index contributed by atoms with van der Waals surface area (Å²) in [6, 6.07) is 15.4. The summed E-state index contributed by atoms with van der Waals surface area (Å²) < 4.78 is 11.5. The Hall–Kier alpha value is -4.19. The lowest BCUT2D eigenvalue weighted by Gasteiger charge is -2.16. The SMILES string of the molecule is Cc1noc2c1-c1sc(C)c(C)c1C(c1ccc(Cl)cc1)=N[C@H]2CC(=O)C(C)C.Cc1noc2c1-c1sc(C)c(C)c1C(c1ccc(Cl)cc1)=N[C@H]2NC(C)C. The zero-order valence-corrected chi connectivity index (χ0v) is 36.4. The number of carbonyl (C=O) groups excluding carboxylic acids is 1. The van der Waals surface area contributed by atoms with Gasteiger partial charge in [-0.1, -0.05) is 71.6 Å². The molecule has 2 aromatic carbocycles. The number of benzene rings is 2. The highest BCUT2D eigenvalue weighted by Gasteiger charge is 2.35. The van der Waals surface area contributed by atoms with Crippen LogP contribution in [0.15, 0.2) is 67.6 Å². The highest BCUT2D eigenvalue weighted by Crippen LogP contribution is 2.47.